The molecule has 2 nitrogen and oxygen atoms in total. The number of aliphatic hydroxyl groups excluding tert-OH is 1. The van der Waals surface area contributed by atoms with E-state index < -0.39 is 0 Å². The molecule has 0 fully saturated rings. The minimum Gasteiger partial charge on any atom is -0.396 e. The standard InChI is InChI=1S/C20H33NO/c1-7-21(8-2)13-11-19(15(3)4)20-17(6)16(5)9-10-18(20)12-14-22/h9-10,22H,7-8,11-14H2,1-6H3. The van der Waals surface area contributed by atoms with Crippen molar-refractivity contribution in [2.75, 3.05) is 26.2 Å². The quantitative estimate of drug-likeness (QED) is 0.771. The highest BCUT2D eigenvalue weighted by Crippen LogP contribution is 2.31. The molecule has 0 radical (unpaired) electrons. The van der Waals surface area contributed by atoms with Gasteiger partial charge in [0.25, 0.3) is 0 Å². The Bertz CT molecular complexity index is 509. The topological polar surface area (TPSA) is 23.5 Å². The van der Waals surface area contributed by atoms with Crippen molar-refractivity contribution in [1.82, 2.24) is 4.90 Å². The molecule has 0 unspecified atom stereocenters. The number of allylic oxidation sites excluding steroid dienone is 1. The van der Waals surface area contributed by atoms with Crippen molar-refractivity contribution in [2.45, 2.75) is 54.4 Å². The predicted molar refractivity (Wildman–Crippen MR) is 97.4 cm³/mol. The number of benzene rings is 1. The normalized spacial score (nSPS) is 11.1. The number of rotatable bonds is 8. The lowest BCUT2D eigenvalue weighted by atomic mass is 9.87. The van der Waals surface area contributed by atoms with Gasteiger partial charge in [-0.1, -0.05) is 31.6 Å². The van der Waals surface area contributed by atoms with Crippen LogP contribution in [0.5, 0.6) is 0 Å². The van der Waals surface area contributed by atoms with Crippen LogP contribution in [0.1, 0.15) is 56.4 Å². The molecule has 1 aromatic rings. The highest BCUT2D eigenvalue weighted by atomic mass is 16.2. The Morgan fingerprint density at radius 3 is 2.23 bits per heavy atom. The zero-order valence-electron chi connectivity index (χ0n) is 15.3. The van der Waals surface area contributed by atoms with Crippen LogP contribution in [0.25, 0.3) is 5.57 Å². The maximum atomic E-state index is 9.39. The van der Waals surface area contributed by atoms with Crippen LogP contribution in [0.3, 0.4) is 0 Å². The summed E-state index contributed by atoms with van der Waals surface area (Å²) in [4.78, 5) is 2.47. The van der Waals surface area contributed by atoms with Gasteiger partial charge in [-0.05, 0) is 81.5 Å². The molecule has 0 aliphatic carbocycles. The Balaban J connectivity index is 3.22. The molecule has 0 saturated heterocycles. The third-order valence-corrected chi connectivity index (χ3v) is 4.68. The van der Waals surface area contributed by atoms with Crippen LogP contribution < -0.4 is 0 Å². The molecule has 124 valence electrons. The van der Waals surface area contributed by atoms with E-state index in [4.69, 9.17) is 0 Å². The second-order valence-corrected chi connectivity index (χ2v) is 6.27. The summed E-state index contributed by atoms with van der Waals surface area (Å²) in [6.07, 6.45) is 1.81. The first-order chi connectivity index (χ1) is 10.5. The molecule has 0 bridgehead atoms. The summed E-state index contributed by atoms with van der Waals surface area (Å²) in [5, 5.41) is 9.39. The summed E-state index contributed by atoms with van der Waals surface area (Å²) in [6, 6.07) is 4.37. The Morgan fingerprint density at radius 1 is 1.09 bits per heavy atom. The molecular weight excluding hydrogens is 270 g/mol. The van der Waals surface area contributed by atoms with Gasteiger partial charge in [-0.15, -0.1) is 0 Å². The molecule has 1 rings (SSSR count). The molecule has 0 aromatic heterocycles. The number of aryl methyl sites for hydroxylation is 1. The first-order valence-corrected chi connectivity index (χ1v) is 8.55. The fraction of sp³-hybridized carbons (Fsp3) is 0.600. The van der Waals surface area contributed by atoms with Crippen LogP contribution in [0.15, 0.2) is 17.7 Å². The summed E-state index contributed by atoms with van der Waals surface area (Å²) in [6.45, 7) is 16.8. The van der Waals surface area contributed by atoms with E-state index >= 15 is 0 Å². The molecule has 0 heterocycles. The molecule has 2 heteroatoms. The van der Waals surface area contributed by atoms with E-state index in [0.717, 1.165) is 32.5 Å². The van der Waals surface area contributed by atoms with Crippen LogP contribution in [0.4, 0.5) is 0 Å². The van der Waals surface area contributed by atoms with E-state index in [2.05, 4.69) is 58.6 Å². The second kappa shape index (κ2) is 9.12. The molecule has 0 atom stereocenters. The van der Waals surface area contributed by atoms with E-state index in [1.54, 1.807) is 0 Å². The Kier molecular flexibility index (Phi) is 7.84. The van der Waals surface area contributed by atoms with Gasteiger partial charge < -0.3 is 10.0 Å². The van der Waals surface area contributed by atoms with Crippen molar-refractivity contribution in [2.24, 2.45) is 0 Å². The minimum atomic E-state index is 0.210. The van der Waals surface area contributed by atoms with Crippen LogP contribution in [0.2, 0.25) is 0 Å². The molecule has 0 saturated carbocycles. The van der Waals surface area contributed by atoms with Crippen LogP contribution in [-0.4, -0.2) is 36.2 Å². The first-order valence-electron chi connectivity index (χ1n) is 8.55. The van der Waals surface area contributed by atoms with Gasteiger partial charge in [-0.3, -0.25) is 0 Å². The Hall–Kier alpha value is -1.12. The number of hydrogen-bond donors (Lipinski definition) is 1. The van der Waals surface area contributed by atoms with E-state index in [9.17, 15) is 5.11 Å². The smallest absolute Gasteiger partial charge is 0.0471 e. The van der Waals surface area contributed by atoms with Crippen molar-refractivity contribution >= 4 is 5.57 Å². The minimum absolute atomic E-state index is 0.210. The third kappa shape index (κ3) is 4.69. The van der Waals surface area contributed by atoms with Crippen LogP contribution in [0, 0.1) is 13.8 Å². The number of nitrogens with zero attached hydrogens (tertiary/aromatic N) is 1. The fourth-order valence-electron chi connectivity index (χ4n) is 3.06. The summed E-state index contributed by atoms with van der Waals surface area (Å²) >= 11 is 0. The van der Waals surface area contributed by atoms with Gasteiger partial charge in [0.2, 0.25) is 0 Å². The van der Waals surface area contributed by atoms with Gasteiger partial charge >= 0.3 is 0 Å². The first kappa shape index (κ1) is 18.9. The predicted octanol–water partition coefficient (Wildman–Crippen LogP) is 4.36. The molecule has 0 aliphatic heterocycles. The molecule has 0 aliphatic rings. The number of hydrogen-bond acceptors (Lipinski definition) is 2. The van der Waals surface area contributed by atoms with E-state index in [0.29, 0.717) is 0 Å². The lowest BCUT2D eigenvalue weighted by molar-refractivity contribution is 0.299. The summed E-state index contributed by atoms with van der Waals surface area (Å²) in [7, 11) is 0. The zero-order chi connectivity index (χ0) is 16.7. The fourth-order valence-corrected chi connectivity index (χ4v) is 3.06. The number of aliphatic hydroxyl groups is 1. The van der Waals surface area contributed by atoms with Crippen molar-refractivity contribution in [3.63, 3.8) is 0 Å². The SMILES string of the molecule is CCN(CC)CCC(=C(C)C)c1c(CCO)ccc(C)c1C. The maximum absolute atomic E-state index is 9.39. The molecule has 22 heavy (non-hydrogen) atoms. The Labute approximate surface area is 136 Å². The summed E-state index contributed by atoms with van der Waals surface area (Å²) in [5.41, 5.74) is 8.19. The largest absolute Gasteiger partial charge is 0.396 e. The van der Waals surface area contributed by atoms with Gasteiger partial charge in [0.15, 0.2) is 0 Å². The molecule has 0 spiro atoms. The average molecular weight is 303 g/mol. The maximum Gasteiger partial charge on any atom is 0.0471 e. The van der Waals surface area contributed by atoms with Crippen molar-refractivity contribution in [3.05, 3.63) is 40.0 Å². The van der Waals surface area contributed by atoms with Crippen molar-refractivity contribution in [3.8, 4) is 0 Å². The van der Waals surface area contributed by atoms with Gasteiger partial charge in [0, 0.05) is 13.2 Å². The molecule has 1 N–H and O–H groups in total. The molecule has 1 aromatic carbocycles. The van der Waals surface area contributed by atoms with Crippen LogP contribution >= 0.6 is 0 Å². The van der Waals surface area contributed by atoms with Gasteiger partial charge in [0.05, 0.1) is 0 Å². The molecule has 0 amide bonds. The summed E-state index contributed by atoms with van der Waals surface area (Å²) in [5.74, 6) is 0. The van der Waals surface area contributed by atoms with Crippen molar-refractivity contribution in [1.29, 1.82) is 0 Å². The highest BCUT2D eigenvalue weighted by Gasteiger charge is 2.14. The second-order valence-electron chi connectivity index (χ2n) is 6.27. The van der Waals surface area contributed by atoms with Gasteiger partial charge in [0.1, 0.15) is 0 Å². The Morgan fingerprint density at radius 2 is 1.73 bits per heavy atom. The van der Waals surface area contributed by atoms with E-state index in [1.165, 1.54) is 33.4 Å². The molecular formula is C20H33NO. The van der Waals surface area contributed by atoms with Crippen molar-refractivity contribution < 1.29 is 5.11 Å². The van der Waals surface area contributed by atoms with Gasteiger partial charge in [-0.2, -0.15) is 0 Å². The lowest BCUT2D eigenvalue weighted by Gasteiger charge is -2.23. The third-order valence-electron chi connectivity index (χ3n) is 4.68. The average Bonchev–Trinajstić information content (AvgIpc) is 2.49. The highest BCUT2D eigenvalue weighted by molar-refractivity contribution is 5.74. The summed E-state index contributed by atoms with van der Waals surface area (Å²) < 4.78 is 0. The zero-order valence-corrected chi connectivity index (χ0v) is 15.3. The van der Waals surface area contributed by atoms with E-state index in [-0.39, 0.29) is 6.61 Å². The van der Waals surface area contributed by atoms with Crippen LogP contribution in [-0.2, 0) is 6.42 Å². The van der Waals surface area contributed by atoms with Gasteiger partial charge in [-0.25, -0.2) is 0 Å². The van der Waals surface area contributed by atoms with E-state index in [1.807, 2.05) is 0 Å². The monoisotopic (exact) mass is 303 g/mol. The lowest BCUT2D eigenvalue weighted by Crippen LogP contribution is -2.24.